The van der Waals surface area contributed by atoms with Gasteiger partial charge in [0.2, 0.25) is 0 Å². The Morgan fingerprint density at radius 1 is 1.00 bits per heavy atom. The first-order chi connectivity index (χ1) is 13.6. The van der Waals surface area contributed by atoms with Gasteiger partial charge in [-0.05, 0) is 31.3 Å². The van der Waals surface area contributed by atoms with Gasteiger partial charge in [0.1, 0.15) is 5.69 Å². The summed E-state index contributed by atoms with van der Waals surface area (Å²) in [5, 5.41) is 7.31. The third-order valence-corrected chi connectivity index (χ3v) is 5.11. The van der Waals surface area contributed by atoms with Crippen LogP contribution in [0, 0.1) is 0 Å². The molecule has 1 aromatic heterocycles. The minimum absolute atomic E-state index is 0.156. The fourth-order valence-corrected chi connectivity index (χ4v) is 3.32. The van der Waals surface area contributed by atoms with E-state index in [1.54, 1.807) is 23.0 Å². The summed E-state index contributed by atoms with van der Waals surface area (Å²) in [4.78, 5) is 15.3. The number of hydrogen-bond acceptors (Lipinski definition) is 4. The molecule has 1 saturated heterocycles. The van der Waals surface area contributed by atoms with Gasteiger partial charge in [-0.1, -0.05) is 41.9 Å². The molecule has 0 unspecified atom stereocenters. The summed E-state index contributed by atoms with van der Waals surface area (Å²) in [5.41, 5.74) is 5.94. The average molecular weight is 396 g/mol. The van der Waals surface area contributed by atoms with Crippen LogP contribution in [0.3, 0.4) is 0 Å². The number of carbonyl (C=O) groups excluding carboxylic acids is 1. The minimum Gasteiger partial charge on any atom is -0.304 e. The molecular formula is C21H22ClN5O. The molecule has 28 heavy (non-hydrogen) atoms. The predicted octanol–water partition coefficient (Wildman–Crippen LogP) is 3.08. The lowest BCUT2D eigenvalue weighted by atomic mass is 10.1. The SMILES string of the molecule is CN1CCN(NC(=O)c2cn(-c3ccccc3)nc2-c2ccc(Cl)cc2)CC1. The van der Waals surface area contributed by atoms with Crippen LogP contribution >= 0.6 is 11.6 Å². The molecule has 0 saturated carbocycles. The second-order valence-corrected chi connectivity index (χ2v) is 7.35. The monoisotopic (exact) mass is 395 g/mol. The van der Waals surface area contributed by atoms with E-state index in [0.717, 1.165) is 37.4 Å². The zero-order chi connectivity index (χ0) is 19.5. The third kappa shape index (κ3) is 4.09. The van der Waals surface area contributed by atoms with E-state index in [0.29, 0.717) is 16.3 Å². The fourth-order valence-electron chi connectivity index (χ4n) is 3.20. The van der Waals surface area contributed by atoms with Gasteiger partial charge < -0.3 is 4.90 Å². The summed E-state index contributed by atoms with van der Waals surface area (Å²) in [6.45, 7) is 3.44. The van der Waals surface area contributed by atoms with Crippen molar-refractivity contribution < 1.29 is 4.79 Å². The van der Waals surface area contributed by atoms with Gasteiger partial charge >= 0.3 is 0 Å². The second-order valence-electron chi connectivity index (χ2n) is 6.91. The summed E-state index contributed by atoms with van der Waals surface area (Å²) in [6, 6.07) is 17.1. The zero-order valence-electron chi connectivity index (χ0n) is 15.7. The van der Waals surface area contributed by atoms with Crippen LogP contribution in [0.25, 0.3) is 16.9 Å². The molecule has 7 heteroatoms. The van der Waals surface area contributed by atoms with Crippen molar-refractivity contribution >= 4 is 17.5 Å². The molecule has 1 N–H and O–H groups in total. The number of benzene rings is 2. The number of hydrogen-bond donors (Lipinski definition) is 1. The number of nitrogens with zero attached hydrogens (tertiary/aromatic N) is 4. The molecule has 0 radical (unpaired) electrons. The lowest BCUT2D eigenvalue weighted by molar-refractivity contribution is 0.0663. The van der Waals surface area contributed by atoms with Gasteiger partial charge in [0.15, 0.2) is 0 Å². The second kappa shape index (κ2) is 8.14. The van der Waals surface area contributed by atoms with E-state index in [-0.39, 0.29) is 5.91 Å². The number of halogens is 1. The molecule has 1 fully saturated rings. The Hall–Kier alpha value is -2.67. The van der Waals surface area contributed by atoms with Crippen molar-refractivity contribution in [3.63, 3.8) is 0 Å². The van der Waals surface area contributed by atoms with Crippen LogP contribution in [0.15, 0.2) is 60.8 Å². The standard InChI is InChI=1S/C21H22ClN5O/c1-25-11-13-26(14-12-25)24-21(28)19-15-27(18-5-3-2-4-6-18)23-20(19)16-7-9-17(22)10-8-16/h2-10,15H,11-14H2,1H3,(H,24,28). The summed E-state index contributed by atoms with van der Waals surface area (Å²) < 4.78 is 1.74. The maximum atomic E-state index is 13.1. The molecule has 144 valence electrons. The van der Waals surface area contributed by atoms with Crippen LogP contribution in [-0.2, 0) is 0 Å². The number of aromatic nitrogens is 2. The molecule has 2 aromatic carbocycles. The summed E-state index contributed by atoms with van der Waals surface area (Å²) >= 11 is 6.03. The Labute approximate surface area is 169 Å². The molecule has 6 nitrogen and oxygen atoms in total. The quantitative estimate of drug-likeness (QED) is 0.737. The number of para-hydroxylation sites is 1. The van der Waals surface area contributed by atoms with Crippen LogP contribution in [0.1, 0.15) is 10.4 Å². The predicted molar refractivity (Wildman–Crippen MR) is 111 cm³/mol. The lowest BCUT2D eigenvalue weighted by Gasteiger charge is -2.32. The Morgan fingerprint density at radius 3 is 2.36 bits per heavy atom. The van der Waals surface area contributed by atoms with Gasteiger partial charge in [0.25, 0.3) is 5.91 Å². The van der Waals surface area contributed by atoms with Crippen LogP contribution in [0.2, 0.25) is 5.02 Å². The number of amides is 1. The highest BCUT2D eigenvalue weighted by atomic mass is 35.5. The lowest BCUT2D eigenvalue weighted by Crippen LogP contribution is -2.52. The van der Waals surface area contributed by atoms with Gasteiger partial charge in [-0.2, -0.15) is 5.10 Å². The topological polar surface area (TPSA) is 53.4 Å². The molecule has 1 aliphatic rings. The highest BCUT2D eigenvalue weighted by Crippen LogP contribution is 2.25. The van der Waals surface area contributed by atoms with E-state index in [1.807, 2.05) is 47.5 Å². The van der Waals surface area contributed by atoms with Crippen LogP contribution in [-0.4, -0.2) is 58.8 Å². The first-order valence-electron chi connectivity index (χ1n) is 9.25. The highest BCUT2D eigenvalue weighted by Gasteiger charge is 2.22. The number of rotatable bonds is 4. The molecule has 3 aromatic rings. The molecule has 1 amide bonds. The van der Waals surface area contributed by atoms with Crippen LogP contribution < -0.4 is 5.43 Å². The Balaban J connectivity index is 1.67. The summed E-state index contributed by atoms with van der Waals surface area (Å²) in [5.74, 6) is -0.156. The van der Waals surface area contributed by atoms with E-state index >= 15 is 0 Å². The van der Waals surface area contributed by atoms with E-state index in [2.05, 4.69) is 17.4 Å². The Kier molecular flexibility index (Phi) is 5.43. The zero-order valence-corrected chi connectivity index (χ0v) is 16.4. The van der Waals surface area contributed by atoms with Crippen molar-refractivity contribution in [2.75, 3.05) is 33.2 Å². The third-order valence-electron chi connectivity index (χ3n) is 4.86. The average Bonchev–Trinajstić information content (AvgIpc) is 3.17. The van der Waals surface area contributed by atoms with Gasteiger partial charge in [0.05, 0.1) is 11.3 Å². The van der Waals surface area contributed by atoms with E-state index in [4.69, 9.17) is 16.7 Å². The van der Waals surface area contributed by atoms with Crippen molar-refractivity contribution in [3.8, 4) is 16.9 Å². The number of nitrogens with one attached hydrogen (secondary N) is 1. The van der Waals surface area contributed by atoms with E-state index in [1.165, 1.54) is 0 Å². The molecule has 0 atom stereocenters. The van der Waals surface area contributed by atoms with Gasteiger partial charge in [0, 0.05) is 43.0 Å². The Bertz CT molecular complexity index is 947. The largest absolute Gasteiger partial charge is 0.304 e. The maximum absolute atomic E-state index is 13.1. The van der Waals surface area contributed by atoms with Gasteiger partial charge in [-0.15, -0.1) is 0 Å². The highest BCUT2D eigenvalue weighted by molar-refractivity contribution is 6.30. The summed E-state index contributed by atoms with van der Waals surface area (Å²) in [6.07, 6.45) is 1.78. The molecule has 0 spiro atoms. The molecule has 1 aliphatic heterocycles. The normalized spacial score (nSPS) is 15.5. The number of likely N-dealkylation sites (N-methyl/N-ethyl adjacent to an activating group) is 1. The first-order valence-corrected chi connectivity index (χ1v) is 9.63. The molecule has 4 rings (SSSR count). The molecule has 0 bridgehead atoms. The van der Waals surface area contributed by atoms with Crippen LogP contribution in [0.4, 0.5) is 0 Å². The van der Waals surface area contributed by atoms with Crippen molar-refractivity contribution in [1.29, 1.82) is 0 Å². The molecular weight excluding hydrogens is 374 g/mol. The van der Waals surface area contributed by atoms with Gasteiger partial charge in [-0.3, -0.25) is 10.2 Å². The van der Waals surface area contributed by atoms with E-state index < -0.39 is 0 Å². The first kappa shape index (κ1) is 18.7. The van der Waals surface area contributed by atoms with Crippen LogP contribution in [0.5, 0.6) is 0 Å². The van der Waals surface area contributed by atoms with Gasteiger partial charge in [-0.25, -0.2) is 9.69 Å². The Morgan fingerprint density at radius 2 is 1.68 bits per heavy atom. The van der Waals surface area contributed by atoms with Crippen molar-refractivity contribution in [2.24, 2.45) is 0 Å². The molecule has 0 aliphatic carbocycles. The van der Waals surface area contributed by atoms with Crippen molar-refractivity contribution in [1.82, 2.24) is 25.1 Å². The molecule has 2 heterocycles. The number of hydrazine groups is 1. The minimum atomic E-state index is -0.156. The maximum Gasteiger partial charge on any atom is 0.269 e. The summed E-state index contributed by atoms with van der Waals surface area (Å²) in [7, 11) is 2.09. The van der Waals surface area contributed by atoms with E-state index in [9.17, 15) is 4.79 Å². The number of piperazine rings is 1. The van der Waals surface area contributed by atoms with Crippen molar-refractivity contribution in [3.05, 3.63) is 71.4 Å². The number of carbonyl (C=O) groups is 1. The smallest absolute Gasteiger partial charge is 0.269 e. The van der Waals surface area contributed by atoms with Crippen molar-refractivity contribution in [2.45, 2.75) is 0 Å². The fraction of sp³-hybridized carbons (Fsp3) is 0.238.